The van der Waals surface area contributed by atoms with Crippen molar-refractivity contribution in [3.63, 3.8) is 0 Å². The zero-order valence-corrected chi connectivity index (χ0v) is 22.8. The van der Waals surface area contributed by atoms with Crippen LogP contribution >= 0.6 is 7.26 Å². The zero-order chi connectivity index (χ0) is 27.2. The fraction of sp³-hybridized carbons (Fsp3) is 0. The van der Waals surface area contributed by atoms with E-state index in [9.17, 15) is 4.79 Å². The zero-order valence-electron chi connectivity index (χ0n) is 21.9. The van der Waals surface area contributed by atoms with E-state index < -0.39 is 7.26 Å². The fourth-order valence-electron chi connectivity index (χ4n) is 5.15. The Morgan fingerprint density at radius 1 is 0.375 bits per heavy atom. The third-order valence-corrected chi connectivity index (χ3v) is 11.3. The minimum Gasteiger partial charge on any atom is -0.457 e. The summed E-state index contributed by atoms with van der Waals surface area (Å²) >= 11 is 0. The predicted molar refractivity (Wildman–Crippen MR) is 168 cm³/mol. The third-order valence-electron chi connectivity index (χ3n) is 7.04. The summed E-state index contributed by atoms with van der Waals surface area (Å²) in [6.45, 7) is 0. The third kappa shape index (κ3) is 4.98. The first kappa shape index (κ1) is 25.5. The van der Waals surface area contributed by atoms with Crippen molar-refractivity contribution in [3.8, 4) is 11.5 Å². The molecular weight excluding hydrogens is 507 g/mol. The van der Waals surface area contributed by atoms with Gasteiger partial charge in [-0.2, -0.15) is 0 Å². The van der Waals surface area contributed by atoms with E-state index in [4.69, 9.17) is 4.74 Å². The molecule has 0 unspecified atom stereocenters. The van der Waals surface area contributed by atoms with Crippen molar-refractivity contribution in [3.05, 3.63) is 181 Å². The second-order valence-corrected chi connectivity index (χ2v) is 12.9. The van der Waals surface area contributed by atoms with Gasteiger partial charge in [-0.15, -0.1) is 0 Å². The highest BCUT2D eigenvalue weighted by Gasteiger charge is 2.47. The first-order chi connectivity index (χ1) is 19.7. The molecule has 0 aliphatic rings. The lowest BCUT2D eigenvalue weighted by Gasteiger charge is -2.27. The van der Waals surface area contributed by atoms with Crippen LogP contribution in [0.4, 0.5) is 0 Å². The van der Waals surface area contributed by atoms with Gasteiger partial charge in [-0.05, 0) is 97.1 Å². The first-order valence-electron chi connectivity index (χ1n) is 13.3. The van der Waals surface area contributed by atoms with E-state index >= 15 is 0 Å². The van der Waals surface area contributed by atoms with Crippen LogP contribution in [0.2, 0.25) is 0 Å². The average molecular weight is 536 g/mol. The van der Waals surface area contributed by atoms with Crippen molar-refractivity contribution in [2.45, 2.75) is 0 Å². The number of benzene rings is 6. The Morgan fingerprint density at radius 3 is 1.12 bits per heavy atom. The van der Waals surface area contributed by atoms with Gasteiger partial charge in [0.25, 0.3) is 0 Å². The normalized spacial score (nSPS) is 11.1. The molecule has 6 aromatic rings. The van der Waals surface area contributed by atoms with Crippen LogP contribution in [0.15, 0.2) is 170 Å². The Morgan fingerprint density at radius 2 is 0.700 bits per heavy atom. The highest BCUT2D eigenvalue weighted by Crippen LogP contribution is 2.54. The van der Waals surface area contributed by atoms with Gasteiger partial charge >= 0.3 is 0 Å². The van der Waals surface area contributed by atoms with Gasteiger partial charge in [-0.1, -0.05) is 72.8 Å². The van der Waals surface area contributed by atoms with Gasteiger partial charge in [0.2, 0.25) is 0 Å². The molecule has 2 nitrogen and oxygen atoms in total. The molecule has 0 saturated heterocycles. The van der Waals surface area contributed by atoms with E-state index in [-0.39, 0.29) is 5.78 Å². The molecule has 0 amide bonds. The highest BCUT2D eigenvalue weighted by atomic mass is 31.2. The van der Waals surface area contributed by atoms with Crippen LogP contribution in [-0.4, -0.2) is 5.78 Å². The molecule has 0 spiro atoms. The number of hydrogen-bond donors (Lipinski definition) is 0. The number of hydrogen-bond acceptors (Lipinski definition) is 2. The summed E-state index contributed by atoms with van der Waals surface area (Å²) in [6, 6.07) is 57.4. The van der Waals surface area contributed by atoms with Crippen LogP contribution in [0, 0.1) is 0 Å². The Labute approximate surface area is 235 Å². The van der Waals surface area contributed by atoms with Gasteiger partial charge in [0.1, 0.15) is 40.0 Å². The minimum atomic E-state index is -2.20. The molecule has 0 saturated carbocycles. The molecule has 0 fully saturated rings. The minimum absolute atomic E-state index is 0.0131. The SMILES string of the molecule is O=C(c1ccc(Oc2ccccc2)cc1)c1ccc([P+](c2ccccc2)(c2ccccc2)c2ccccc2)cc1. The second kappa shape index (κ2) is 11.5. The Hall–Kier alpha value is -4.78. The van der Waals surface area contributed by atoms with Gasteiger partial charge in [0, 0.05) is 11.1 Å². The molecule has 0 aliphatic heterocycles. The van der Waals surface area contributed by atoms with Gasteiger partial charge in [0.15, 0.2) is 5.78 Å². The predicted octanol–water partition coefficient (Wildman–Crippen LogP) is 7.33. The standard InChI is InChI=1S/C37H28O2P/c38-37(29-21-25-32(26-22-29)39-31-13-5-1-6-14-31)30-23-27-36(28-24-30)40(33-15-7-2-8-16-33,34-17-9-3-10-18-34)35-19-11-4-12-20-35/h1-28H/q+1. The number of carbonyl (C=O) groups excluding carboxylic acids is 1. The molecule has 40 heavy (non-hydrogen) atoms. The molecule has 0 N–H and O–H groups in total. The van der Waals surface area contributed by atoms with Gasteiger partial charge in [-0.3, -0.25) is 4.79 Å². The van der Waals surface area contributed by atoms with Gasteiger partial charge < -0.3 is 4.74 Å². The number of ketones is 1. The number of ether oxygens (including phenoxy) is 1. The van der Waals surface area contributed by atoms with Crippen LogP contribution in [0.3, 0.4) is 0 Å². The lowest BCUT2D eigenvalue weighted by molar-refractivity contribution is 0.103. The van der Waals surface area contributed by atoms with Gasteiger partial charge in [0.05, 0.1) is 0 Å². The number of carbonyl (C=O) groups is 1. The maximum Gasteiger partial charge on any atom is 0.193 e. The summed E-state index contributed by atoms with van der Waals surface area (Å²) in [5, 5.41) is 5.04. The maximum atomic E-state index is 13.5. The molecule has 192 valence electrons. The van der Waals surface area contributed by atoms with E-state index in [1.807, 2.05) is 66.7 Å². The second-order valence-electron chi connectivity index (χ2n) is 9.49. The Balaban J connectivity index is 1.38. The lowest BCUT2D eigenvalue weighted by atomic mass is 10.0. The van der Waals surface area contributed by atoms with Crippen LogP contribution in [-0.2, 0) is 0 Å². The molecular formula is C37H28O2P+. The average Bonchev–Trinajstić information content (AvgIpc) is 3.04. The number of para-hydroxylation sites is 1. The van der Waals surface area contributed by atoms with Crippen LogP contribution in [0.5, 0.6) is 11.5 Å². The van der Waals surface area contributed by atoms with Crippen molar-refractivity contribution in [1.82, 2.24) is 0 Å². The molecule has 0 heterocycles. The van der Waals surface area contributed by atoms with Crippen LogP contribution in [0.25, 0.3) is 0 Å². The van der Waals surface area contributed by atoms with Crippen molar-refractivity contribution < 1.29 is 9.53 Å². The number of rotatable bonds is 8. The van der Waals surface area contributed by atoms with Crippen LogP contribution in [0.1, 0.15) is 15.9 Å². The molecule has 6 aromatic carbocycles. The topological polar surface area (TPSA) is 26.3 Å². The van der Waals surface area contributed by atoms with E-state index in [1.165, 1.54) is 21.2 Å². The summed E-state index contributed by atoms with van der Waals surface area (Å²) in [5.74, 6) is 1.45. The smallest absolute Gasteiger partial charge is 0.193 e. The summed E-state index contributed by atoms with van der Waals surface area (Å²) in [5.41, 5.74) is 1.29. The molecule has 6 rings (SSSR count). The summed E-state index contributed by atoms with van der Waals surface area (Å²) in [6.07, 6.45) is 0. The summed E-state index contributed by atoms with van der Waals surface area (Å²) in [4.78, 5) is 13.5. The van der Waals surface area contributed by atoms with Gasteiger partial charge in [-0.25, -0.2) is 0 Å². The Bertz CT molecular complexity index is 1590. The van der Waals surface area contributed by atoms with Crippen LogP contribution < -0.4 is 26.0 Å². The largest absolute Gasteiger partial charge is 0.457 e. The van der Waals surface area contributed by atoms with E-state index in [0.717, 1.165) is 5.75 Å². The van der Waals surface area contributed by atoms with Crippen molar-refractivity contribution in [2.75, 3.05) is 0 Å². The van der Waals surface area contributed by atoms with E-state index in [0.29, 0.717) is 16.9 Å². The quantitative estimate of drug-likeness (QED) is 0.151. The first-order valence-corrected chi connectivity index (χ1v) is 15.1. The molecule has 0 aliphatic carbocycles. The van der Waals surface area contributed by atoms with Crippen molar-refractivity contribution in [2.24, 2.45) is 0 Å². The van der Waals surface area contributed by atoms with E-state index in [1.54, 1.807) is 0 Å². The monoisotopic (exact) mass is 535 g/mol. The Kier molecular flexibility index (Phi) is 7.35. The highest BCUT2D eigenvalue weighted by molar-refractivity contribution is 8.01. The molecule has 0 aromatic heterocycles. The maximum absolute atomic E-state index is 13.5. The van der Waals surface area contributed by atoms with Crippen molar-refractivity contribution in [1.29, 1.82) is 0 Å². The lowest BCUT2D eigenvalue weighted by Crippen LogP contribution is -2.38. The molecule has 0 radical (unpaired) electrons. The molecule has 0 atom stereocenters. The van der Waals surface area contributed by atoms with E-state index in [2.05, 4.69) is 103 Å². The fourth-order valence-corrected chi connectivity index (χ4v) is 9.39. The van der Waals surface area contributed by atoms with Crippen molar-refractivity contribution >= 4 is 34.3 Å². The molecule has 3 heteroatoms. The molecule has 0 bridgehead atoms. The summed E-state index contributed by atoms with van der Waals surface area (Å²) in [7, 11) is -2.20. The summed E-state index contributed by atoms with van der Waals surface area (Å²) < 4.78 is 5.89.